The second-order valence-electron chi connectivity index (χ2n) is 8.90. The van der Waals surface area contributed by atoms with E-state index in [-0.39, 0.29) is 29.1 Å². The fourth-order valence-corrected chi connectivity index (χ4v) is 2.85. The number of hydrogen-bond donors (Lipinski definition) is 5. The van der Waals surface area contributed by atoms with Crippen molar-refractivity contribution < 1.29 is 19.2 Å². The van der Waals surface area contributed by atoms with Gasteiger partial charge in [0.2, 0.25) is 11.8 Å². The number of primary amides is 1. The molecule has 0 fully saturated rings. The lowest BCUT2D eigenvalue weighted by molar-refractivity contribution is -0.131. The molecule has 0 bridgehead atoms. The number of rotatable bonds is 14. The van der Waals surface area contributed by atoms with Crippen molar-refractivity contribution in [1.29, 1.82) is 0 Å². The van der Waals surface area contributed by atoms with E-state index in [0.29, 0.717) is 45.2 Å². The van der Waals surface area contributed by atoms with Crippen molar-refractivity contribution in [3.05, 3.63) is 0 Å². The van der Waals surface area contributed by atoms with Crippen LogP contribution in [0.2, 0.25) is 0 Å². The molecule has 0 aliphatic heterocycles. The van der Waals surface area contributed by atoms with Gasteiger partial charge in [-0.3, -0.25) is 14.4 Å². The molecular formula is C21H41N5O4. The van der Waals surface area contributed by atoms with Gasteiger partial charge < -0.3 is 27.0 Å². The lowest BCUT2D eigenvalue weighted by atomic mass is 9.98. The monoisotopic (exact) mass is 427 g/mol. The van der Waals surface area contributed by atoms with Crippen molar-refractivity contribution in [2.75, 3.05) is 13.1 Å². The number of nitrogens with two attached hydrogens (primary N) is 1. The third-order valence-corrected chi connectivity index (χ3v) is 4.47. The number of hydrogen-bond acceptors (Lipinski definition) is 5. The molecule has 6 N–H and O–H groups in total. The average Bonchev–Trinajstić information content (AvgIpc) is 2.63. The first-order valence-corrected chi connectivity index (χ1v) is 10.8. The first-order chi connectivity index (χ1) is 13.9. The van der Waals surface area contributed by atoms with Gasteiger partial charge in [0.1, 0.15) is 11.8 Å². The lowest BCUT2D eigenvalue weighted by Crippen LogP contribution is -2.57. The number of carbonyl (C=O) groups is 4. The van der Waals surface area contributed by atoms with Crippen LogP contribution in [0, 0.1) is 5.92 Å². The standard InChI is InChI=1S/C21H41N5O4/c1-7-15(27)10-8-12-23-18(28)16(11-9-13-24-20(22)30)25-19(29)17(14(2)3)26-21(4,5)6/h14,16-17,26H,7-13H2,1-6H3,(H,23,28)(H,25,29)(H3,22,24,30). The van der Waals surface area contributed by atoms with E-state index in [0.717, 1.165) is 0 Å². The van der Waals surface area contributed by atoms with Crippen LogP contribution < -0.4 is 27.0 Å². The number of carbonyl (C=O) groups excluding carboxylic acids is 4. The minimum absolute atomic E-state index is 0.0320. The quantitative estimate of drug-likeness (QED) is 0.265. The van der Waals surface area contributed by atoms with Crippen LogP contribution in [0.15, 0.2) is 0 Å². The second-order valence-corrected chi connectivity index (χ2v) is 8.90. The first-order valence-electron chi connectivity index (χ1n) is 10.8. The van der Waals surface area contributed by atoms with Gasteiger partial charge in [-0.2, -0.15) is 0 Å². The maximum Gasteiger partial charge on any atom is 0.312 e. The van der Waals surface area contributed by atoms with Crippen LogP contribution in [0.4, 0.5) is 4.79 Å². The number of amides is 4. The molecule has 30 heavy (non-hydrogen) atoms. The van der Waals surface area contributed by atoms with Crippen LogP contribution in [0.3, 0.4) is 0 Å². The van der Waals surface area contributed by atoms with Gasteiger partial charge in [-0.25, -0.2) is 4.79 Å². The molecule has 2 unspecified atom stereocenters. The van der Waals surface area contributed by atoms with E-state index in [9.17, 15) is 19.2 Å². The summed E-state index contributed by atoms with van der Waals surface area (Å²) in [6.07, 6.45) is 2.29. The van der Waals surface area contributed by atoms with E-state index in [1.807, 2.05) is 41.5 Å². The highest BCUT2D eigenvalue weighted by Crippen LogP contribution is 2.10. The maximum atomic E-state index is 12.9. The third-order valence-electron chi connectivity index (χ3n) is 4.47. The molecule has 0 radical (unpaired) electrons. The zero-order valence-electron chi connectivity index (χ0n) is 19.4. The van der Waals surface area contributed by atoms with E-state index in [1.54, 1.807) is 0 Å². The summed E-state index contributed by atoms with van der Waals surface area (Å²) in [4.78, 5) is 47.8. The van der Waals surface area contributed by atoms with Crippen LogP contribution in [0.5, 0.6) is 0 Å². The molecule has 0 spiro atoms. The van der Waals surface area contributed by atoms with Crippen molar-refractivity contribution >= 4 is 23.6 Å². The summed E-state index contributed by atoms with van der Waals surface area (Å²) in [5, 5.41) is 11.4. The lowest BCUT2D eigenvalue weighted by Gasteiger charge is -2.31. The Morgan fingerprint density at radius 3 is 2.03 bits per heavy atom. The van der Waals surface area contributed by atoms with Gasteiger partial charge in [0, 0.05) is 31.5 Å². The van der Waals surface area contributed by atoms with E-state index >= 15 is 0 Å². The van der Waals surface area contributed by atoms with Crippen molar-refractivity contribution in [2.24, 2.45) is 11.7 Å². The summed E-state index contributed by atoms with van der Waals surface area (Å²) >= 11 is 0. The summed E-state index contributed by atoms with van der Waals surface area (Å²) in [6, 6.07) is -1.82. The largest absolute Gasteiger partial charge is 0.354 e. The second kappa shape index (κ2) is 14.0. The summed E-state index contributed by atoms with van der Waals surface area (Å²) in [7, 11) is 0. The van der Waals surface area contributed by atoms with Gasteiger partial charge in [0.25, 0.3) is 0 Å². The van der Waals surface area contributed by atoms with E-state index in [4.69, 9.17) is 5.73 Å². The molecule has 2 atom stereocenters. The molecule has 0 aliphatic carbocycles. The molecule has 0 aliphatic rings. The van der Waals surface area contributed by atoms with Crippen molar-refractivity contribution in [3.63, 3.8) is 0 Å². The Hall–Kier alpha value is -2.16. The highest BCUT2D eigenvalue weighted by atomic mass is 16.2. The smallest absolute Gasteiger partial charge is 0.312 e. The summed E-state index contributed by atoms with van der Waals surface area (Å²) in [5.41, 5.74) is 4.80. The molecule has 0 aromatic carbocycles. The molecule has 0 heterocycles. The Labute approximate surface area is 180 Å². The van der Waals surface area contributed by atoms with Crippen LogP contribution in [0.25, 0.3) is 0 Å². The average molecular weight is 428 g/mol. The van der Waals surface area contributed by atoms with Crippen molar-refractivity contribution in [3.8, 4) is 0 Å². The predicted octanol–water partition coefficient (Wildman–Crippen LogP) is 1.21. The zero-order chi connectivity index (χ0) is 23.3. The molecule has 0 rings (SSSR count). The van der Waals surface area contributed by atoms with Gasteiger partial charge in [-0.15, -0.1) is 0 Å². The Morgan fingerprint density at radius 1 is 0.933 bits per heavy atom. The van der Waals surface area contributed by atoms with E-state index in [2.05, 4.69) is 21.3 Å². The van der Waals surface area contributed by atoms with Crippen LogP contribution >= 0.6 is 0 Å². The number of Topliss-reactive ketones (excluding diaryl/α,β-unsaturated/α-hetero) is 1. The Bertz CT molecular complexity index is 572. The van der Waals surface area contributed by atoms with Crippen LogP contribution in [-0.4, -0.2) is 54.3 Å². The van der Waals surface area contributed by atoms with Gasteiger partial charge in [0.05, 0.1) is 6.04 Å². The van der Waals surface area contributed by atoms with Crippen LogP contribution in [-0.2, 0) is 14.4 Å². The molecule has 174 valence electrons. The zero-order valence-corrected chi connectivity index (χ0v) is 19.4. The van der Waals surface area contributed by atoms with Gasteiger partial charge in [0.15, 0.2) is 0 Å². The maximum absolute atomic E-state index is 12.9. The Kier molecular flexibility index (Phi) is 12.9. The Morgan fingerprint density at radius 2 is 1.53 bits per heavy atom. The minimum atomic E-state index is -0.739. The SMILES string of the molecule is CCC(=O)CCCNC(=O)C(CCCNC(N)=O)NC(=O)C(NC(C)(C)C)C(C)C. The fourth-order valence-electron chi connectivity index (χ4n) is 2.85. The first kappa shape index (κ1) is 27.8. The van der Waals surface area contributed by atoms with E-state index in [1.165, 1.54) is 0 Å². The minimum Gasteiger partial charge on any atom is -0.354 e. The number of ketones is 1. The number of nitrogens with one attached hydrogen (secondary N) is 4. The van der Waals surface area contributed by atoms with Gasteiger partial charge in [-0.05, 0) is 46.0 Å². The molecular weight excluding hydrogens is 386 g/mol. The van der Waals surface area contributed by atoms with Crippen LogP contribution in [0.1, 0.15) is 73.6 Å². The molecule has 9 nitrogen and oxygen atoms in total. The molecule has 0 aromatic rings. The molecule has 4 amide bonds. The van der Waals surface area contributed by atoms with Crippen molar-refractivity contribution in [2.45, 2.75) is 91.3 Å². The molecule has 0 saturated carbocycles. The summed E-state index contributed by atoms with van der Waals surface area (Å²) in [6.45, 7) is 12.3. The van der Waals surface area contributed by atoms with Crippen molar-refractivity contribution in [1.82, 2.24) is 21.3 Å². The predicted molar refractivity (Wildman–Crippen MR) is 118 cm³/mol. The fraction of sp³-hybridized carbons (Fsp3) is 0.810. The third kappa shape index (κ3) is 13.1. The highest BCUT2D eigenvalue weighted by molar-refractivity contribution is 5.90. The molecule has 0 aromatic heterocycles. The Balaban J connectivity index is 4.98. The topological polar surface area (TPSA) is 142 Å². The summed E-state index contributed by atoms with van der Waals surface area (Å²) in [5.74, 6) is -0.363. The normalized spacial score (nSPS) is 13.4. The highest BCUT2D eigenvalue weighted by Gasteiger charge is 2.29. The van der Waals surface area contributed by atoms with E-state index < -0.39 is 18.1 Å². The molecule has 9 heteroatoms. The van der Waals surface area contributed by atoms with Gasteiger partial charge in [-0.1, -0.05) is 20.8 Å². The number of urea groups is 1. The molecule has 0 saturated heterocycles. The van der Waals surface area contributed by atoms with Gasteiger partial charge >= 0.3 is 6.03 Å². The summed E-state index contributed by atoms with van der Waals surface area (Å²) < 4.78 is 0.